The van der Waals surface area contributed by atoms with E-state index < -0.39 is 5.97 Å². The monoisotopic (exact) mass is 338 g/mol. The quantitative estimate of drug-likeness (QED) is 0.386. The number of carbonyl (C=O) groups is 2. The van der Waals surface area contributed by atoms with E-state index in [0.717, 1.165) is 36.5 Å². The molecule has 0 aromatic heterocycles. The van der Waals surface area contributed by atoms with Gasteiger partial charge in [0.15, 0.2) is 0 Å². The van der Waals surface area contributed by atoms with Gasteiger partial charge in [0.25, 0.3) is 0 Å². The van der Waals surface area contributed by atoms with E-state index in [4.69, 9.17) is 9.47 Å². The number of hydrogen-bond donors (Lipinski definition) is 0. The Morgan fingerprint density at radius 2 is 1.48 bits per heavy atom. The summed E-state index contributed by atoms with van der Waals surface area (Å²) in [5.41, 5.74) is 2.41. The van der Waals surface area contributed by atoms with Crippen molar-refractivity contribution >= 4 is 11.9 Å². The molecule has 0 spiro atoms. The SMILES string of the molecule is C=CC(=O)OCCCCCOC(=O)c1ccccc1-c1ccccc1. The van der Waals surface area contributed by atoms with Gasteiger partial charge in [-0.1, -0.05) is 55.1 Å². The second-order valence-electron chi connectivity index (χ2n) is 5.48. The van der Waals surface area contributed by atoms with Crippen LogP contribution in [-0.2, 0) is 14.3 Å². The van der Waals surface area contributed by atoms with E-state index in [1.165, 1.54) is 0 Å². The lowest BCUT2D eigenvalue weighted by Gasteiger charge is -2.10. The Kier molecular flexibility index (Phi) is 7.44. The van der Waals surface area contributed by atoms with E-state index >= 15 is 0 Å². The zero-order chi connectivity index (χ0) is 17.9. The van der Waals surface area contributed by atoms with Crippen LogP contribution in [0.15, 0.2) is 67.3 Å². The molecular weight excluding hydrogens is 316 g/mol. The first kappa shape index (κ1) is 18.5. The minimum atomic E-state index is -0.413. The van der Waals surface area contributed by atoms with Crippen LogP contribution in [0.25, 0.3) is 11.1 Å². The first-order chi connectivity index (χ1) is 12.2. The zero-order valence-electron chi connectivity index (χ0n) is 14.1. The molecule has 0 aliphatic heterocycles. The summed E-state index contributed by atoms with van der Waals surface area (Å²) in [6.45, 7) is 4.04. The number of benzene rings is 2. The van der Waals surface area contributed by atoms with Crippen LogP contribution in [0.1, 0.15) is 29.6 Å². The van der Waals surface area contributed by atoms with E-state index in [1.54, 1.807) is 6.07 Å². The van der Waals surface area contributed by atoms with Gasteiger partial charge in [-0.25, -0.2) is 9.59 Å². The van der Waals surface area contributed by atoms with E-state index in [9.17, 15) is 9.59 Å². The van der Waals surface area contributed by atoms with Crippen molar-refractivity contribution in [3.05, 3.63) is 72.8 Å². The highest BCUT2D eigenvalue weighted by Crippen LogP contribution is 2.24. The summed E-state index contributed by atoms with van der Waals surface area (Å²) in [6.07, 6.45) is 3.42. The predicted octanol–water partition coefficient (Wildman–Crippen LogP) is 4.41. The maximum atomic E-state index is 12.4. The van der Waals surface area contributed by atoms with Crippen molar-refractivity contribution in [2.24, 2.45) is 0 Å². The second kappa shape index (κ2) is 10.1. The number of ether oxygens (including phenoxy) is 2. The molecule has 0 radical (unpaired) electrons. The van der Waals surface area contributed by atoms with Crippen molar-refractivity contribution in [3.63, 3.8) is 0 Å². The van der Waals surface area contributed by atoms with Crippen molar-refractivity contribution in [2.75, 3.05) is 13.2 Å². The molecule has 0 aliphatic rings. The fraction of sp³-hybridized carbons (Fsp3) is 0.238. The number of hydrogen-bond acceptors (Lipinski definition) is 4. The maximum absolute atomic E-state index is 12.4. The van der Waals surface area contributed by atoms with Crippen LogP contribution >= 0.6 is 0 Å². The van der Waals surface area contributed by atoms with Crippen LogP contribution < -0.4 is 0 Å². The van der Waals surface area contributed by atoms with Crippen molar-refractivity contribution in [3.8, 4) is 11.1 Å². The molecule has 0 saturated carbocycles. The lowest BCUT2D eigenvalue weighted by atomic mass is 10.00. The molecule has 0 bridgehead atoms. The molecule has 130 valence electrons. The van der Waals surface area contributed by atoms with Gasteiger partial charge in [-0.15, -0.1) is 0 Å². The molecule has 0 atom stereocenters. The van der Waals surface area contributed by atoms with Crippen molar-refractivity contribution < 1.29 is 19.1 Å². The Labute approximate surface area is 148 Å². The third-order valence-electron chi connectivity index (χ3n) is 3.66. The number of unbranched alkanes of at least 4 members (excludes halogenated alkanes) is 2. The van der Waals surface area contributed by atoms with Gasteiger partial charge in [-0.05, 0) is 36.5 Å². The highest BCUT2D eigenvalue weighted by atomic mass is 16.5. The van der Waals surface area contributed by atoms with Crippen LogP contribution in [0.4, 0.5) is 0 Å². The van der Waals surface area contributed by atoms with Gasteiger partial charge in [0.05, 0.1) is 18.8 Å². The van der Waals surface area contributed by atoms with Crippen molar-refractivity contribution in [1.82, 2.24) is 0 Å². The summed E-state index contributed by atoms with van der Waals surface area (Å²) in [4.78, 5) is 23.2. The van der Waals surface area contributed by atoms with E-state index in [0.29, 0.717) is 18.8 Å². The maximum Gasteiger partial charge on any atom is 0.338 e. The second-order valence-corrected chi connectivity index (χ2v) is 5.48. The normalized spacial score (nSPS) is 10.1. The molecule has 2 aromatic carbocycles. The van der Waals surface area contributed by atoms with Crippen LogP contribution in [0.2, 0.25) is 0 Å². The molecule has 0 amide bonds. The molecule has 0 unspecified atom stereocenters. The third kappa shape index (κ3) is 5.92. The molecular formula is C21H22O4. The standard InChI is InChI=1S/C21H22O4/c1-2-20(22)24-15-9-4-10-16-25-21(23)19-14-8-7-13-18(19)17-11-5-3-6-12-17/h2-3,5-8,11-14H,1,4,9-10,15-16H2. The Balaban J connectivity index is 1.80. The molecule has 25 heavy (non-hydrogen) atoms. The largest absolute Gasteiger partial charge is 0.463 e. The molecule has 0 N–H and O–H groups in total. The molecule has 0 heterocycles. The fourth-order valence-electron chi connectivity index (χ4n) is 2.39. The summed E-state index contributed by atoms with van der Waals surface area (Å²) in [6, 6.07) is 17.2. The van der Waals surface area contributed by atoms with E-state index in [2.05, 4.69) is 6.58 Å². The number of esters is 2. The van der Waals surface area contributed by atoms with Gasteiger partial charge in [0.1, 0.15) is 0 Å². The van der Waals surface area contributed by atoms with Crippen LogP contribution in [0, 0.1) is 0 Å². The summed E-state index contributed by atoms with van der Waals surface area (Å²) < 4.78 is 10.3. The first-order valence-corrected chi connectivity index (χ1v) is 8.33. The van der Waals surface area contributed by atoms with E-state index in [1.807, 2.05) is 48.5 Å². The van der Waals surface area contributed by atoms with Crippen LogP contribution in [0.5, 0.6) is 0 Å². The van der Waals surface area contributed by atoms with Crippen LogP contribution in [-0.4, -0.2) is 25.2 Å². The lowest BCUT2D eigenvalue weighted by molar-refractivity contribution is -0.137. The molecule has 4 heteroatoms. The lowest BCUT2D eigenvalue weighted by Crippen LogP contribution is -2.08. The first-order valence-electron chi connectivity index (χ1n) is 8.33. The summed E-state index contributed by atoms with van der Waals surface area (Å²) in [5.74, 6) is -0.735. The minimum Gasteiger partial charge on any atom is -0.463 e. The van der Waals surface area contributed by atoms with E-state index in [-0.39, 0.29) is 5.97 Å². The highest BCUT2D eigenvalue weighted by molar-refractivity contribution is 5.97. The van der Waals surface area contributed by atoms with Crippen molar-refractivity contribution in [2.45, 2.75) is 19.3 Å². The average molecular weight is 338 g/mol. The van der Waals surface area contributed by atoms with Gasteiger partial charge in [0.2, 0.25) is 0 Å². The highest BCUT2D eigenvalue weighted by Gasteiger charge is 2.13. The summed E-state index contributed by atoms with van der Waals surface area (Å²) in [7, 11) is 0. The summed E-state index contributed by atoms with van der Waals surface area (Å²) in [5, 5.41) is 0. The molecule has 2 aromatic rings. The number of rotatable bonds is 9. The molecule has 0 aliphatic carbocycles. The zero-order valence-corrected chi connectivity index (χ0v) is 14.1. The van der Waals surface area contributed by atoms with Gasteiger partial charge >= 0.3 is 11.9 Å². The van der Waals surface area contributed by atoms with Crippen molar-refractivity contribution in [1.29, 1.82) is 0 Å². The topological polar surface area (TPSA) is 52.6 Å². The molecule has 4 nitrogen and oxygen atoms in total. The third-order valence-corrected chi connectivity index (χ3v) is 3.66. The Hall–Kier alpha value is -2.88. The Bertz CT molecular complexity index is 707. The van der Waals surface area contributed by atoms with Gasteiger partial charge < -0.3 is 9.47 Å². The molecule has 0 saturated heterocycles. The van der Waals surface area contributed by atoms with Gasteiger partial charge in [-0.3, -0.25) is 0 Å². The Morgan fingerprint density at radius 1 is 0.840 bits per heavy atom. The predicted molar refractivity (Wildman–Crippen MR) is 97.2 cm³/mol. The van der Waals surface area contributed by atoms with Gasteiger partial charge in [0, 0.05) is 6.08 Å². The fourth-order valence-corrected chi connectivity index (χ4v) is 2.39. The number of carbonyl (C=O) groups excluding carboxylic acids is 2. The van der Waals surface area contributed by atoms with Crippen LogP contribution in [0.3, 0.4) is 0 Å². The average Bonchev–Trinajstić information content (AvgIpc) is 2.67. The Morgan fingerprint density at radius 3 is 2.20 bits per heavy atom. The minimum absolute atomic E-state index is 0.322. The van der Waals surface area contributed by atoms with Gasteiger partial charge in [-0.2, -0.15) is 0 Å². The smallest absolute Gasteiger partial charge is 0.338 e. The molecule has 2 rings (SSSR count). The summed E-state index contributed by atoms with van der Waals surface area (Å²) >= 11 is 0. The molecule has 0 fully saturated rings.